The molecule has 0 fully saturated rings. The number of aromatic nitrogens is 4. The zero-order chi connectivity index (χ0) is 22.7. The van der Waals surface area contributed by atoms with Gasteiger partial charge in [-0.25, -0.2) is 9.97 Å². The first-order chi connectivity index (χ1) is 15.4. The molecule has 7 nitrogen and oxygen atoms in total. The molecule has 3 heterocycles. The number of thioether (sulfide) groups is 1. The Morgan fingerprint density at radius 3 is 2.72 bits per heavy atom. The summed E-state index contributed by atoms with van der Waals surface area (Å²) in [6.07, 6.45) is 2.64. The summed E-state index contributed by atoms with van der Waals surface area (Å²) in [7, 11) is 0. The second-order valence-electron chi connectivity index (χ2n) is 7.95. The molecule has 0 bridgehead atoms. The van der Waals surface area contributed by atoms with Crippen LogP contribution in [0.2, 0.25) is 0 Å². The van der Waals surface area contributed by atoms with E-state index in [4.69, 9.17) is 9.72 Å². The van der Waals surface area contributed by atoms with Crippen molar-refractivity contribution in [3.05, 3.63) is 80.6 Å². The molecule has 0 saturated carbocycles. The Morgan fingerprint density at radius 2 is 1.91 bits per heavy atom. The van der Waals surface area contributed by atoms with E-state index in [1.54, 1.807) is 27.3 Å². The predicted molar refractivity (Wildman–Crippen MR) is 127 cm³/mol. The molecule has 1 aromatic carbocycles. The number of hydrogen-bond acceptors (Lipinski definition) is 6. The summed E-state index contributed by atoms with van der Waals surface area (Å²) in [6.45, 7) is 7.01. The van der Waals surface area contributed by atoms with Gasteiger partial charge in [-0.3, -0.25) is 18.6 Å². The van der Waals surface area contributed by atoms with Crippen LogP contribution in [0.15, 0.2) is 63.4 Å². The summed E-state index contributed by atoms with van der Waals surface area (Å²) in [5, 5.41) is 1.21. The van der Waals surface area contributed by atoms with Crippen LogP contribution in [0.5, 0.6) is 0 Å². The molecule has 4 aromatic rings. The highest BCUT2D eigenvalue weighted by atomic mass is 32.2. The van der Waals surface area contributed by atoms with Crippen LogP contribution >= 0.6 is 11.8 Å². The van der Waals surface area contributed by atoms with Gasteiger partial charge >= 0.3 is 0 Å². The summed E-state index contributed by atoms with van der Waals surface area (Å²) in [5.74, 6) is 0.437. The Morgan fingerprint density at radius 1 is 1.09 bits per heavy atom. The minimum Gasteiger partial charge on any atom is -0.379 e. The highest BCUT2D eigenvalue weighted by Gasteiger charge is 2.13. The van der Waals surface area contributed by atoms with Crippen molar-refractivity contribution in [1.82, 2.24) is 18.9 Å². The van der Waals surface area contributed by atoms with Gasteiger partial charge in [0.15, 0.2) is 5.16 Å². The summed E-state index contributed by atoms with van der Waals surface area (Å²) in [4.78, 5) is 35.0. The summed E-state index contributed by atoms with van der Waals surface area (Å²) in [6, 6.07) is 12.7. The van der Waals surface area contributed by atoms with E-state index in [1.807, 2.05) is 51.1 Å². The first kappa shape index (κ1) is 22.2. The van der Waals surface area contributed by atoms with E-state index in [0.29, 0.717) is 52.7 Å². The number of ether oxygens (including phenoxy) is 1. The summed E-state index contributed by atoms with van der Waals surface area (Å²) >= 11 is 1.41. The lowest BCUT2D eigenvalue weighted by molar-refractivity contribution is 0.0743. The molecule has 166 valence electrons. The van der Waals surface area contributed by atoms with Crippen molar-refractivity contribution in [2.24, 2.45) is 0 Å². The molecule has 0 aliphatic rings. The topological polar surface area (TPSA) is 78.5 Å². The van der Waals surface area contributed by atoms with Crippen LogP contribution in [0, 0.1) is 6.92 Å². The lowest BCUT2D eigenvalue weighted by Gasteiger charge is -2.14. The maximum absolute atomic E-state index is 13.1. The van der Waals surface area contributed by atoms with Gasteiger partial charge in [-0.1, -0.05) is 30.0 Å². The summed E-state index contributed by atoms with van der Waals surface area (Å²) in [5.41, 5.74) is 2.73. The van der Waals surface area contributed by atoms with Crippen molar-refractivity contribution in [1.29, 1.82) is 0 Å². The van der Waals surface area contributed by atoms with Gasteiger partial charge in [-0.2, -0.15) is 0 Å². The third-order valence-electron chi connectivity index (χ3n) is 5.01. The van der Waals surface area contributed by atoms with Crippen LogP contribution in [-0.2, 0) is 17.0 Å². The molecule has 4 rings (SSSR count). The minimum atomic E-state index is -0.121. The fourth-order valence-corrected chi connectivity index (χ4v) is 4.39. The van der Waals surface area contributed by atoms with E-state index in [9.17, 15) is 9.59 Å². The molecule has 0 radical (unpaired) electrons. The van der Waals surface area contributed by atoms with E-state index in [1.165, 1.54) is 11.8 Å². The van der Waals surface area contributed by atoms with Crippen LogP contribution in [-0.4, -0.2) is 31.6 Å². The Balaban J connectivity index is 1.63. The van der Waals surface area contributed by atoms with Crippen molar-refractivity contribution in [3.8, 4) is 0 Å². The second kappa shape index (κ2) is 9.67. The maximum Gasteiger partial charge on any atom is 0.262 e. The van der Waals surface area contributed by atoms with E-state index >= 15 is 0 Å². The smallest absolute Gasteiger partial charge is 0.262 e. The highest BCUT2D eigenvalue weighted by molar-refractivity contribution is 7.98. The third-order valence-corrected chi connectivity index (χ3v) is 6.02. The molecule has 3 aromatic heterocycles. The van der Waals surface area contributed by atoms with Gasteiger partial charge < -0.3 is 4.74 Å². The Hall–Kier alpha value is -2.97. The number of fused-ring (bicyclic) bond motifs is 2. The molecule has 0 aliphatic carbocycles. The number of rotatable bonds is 8. The zero-order valence-corrected chi connectivity index (χ0v) is 19.3. The number of benzene rings is 1. The number of hydrogen-bond donors (Lipinski definition) is 0. The molecular weight excluding hydrogens is 424 g/mol. The van der Waals surface area contributed by atoms with Gasteiger partial charge in [-0.15, -0.1) is 0 Å². The number of para-hydroxylation sites is 1. The lowest BCUT2D eigenvalue weighted by Crippen LogP contribution is -2.24. The summed E-state index contributed by atoms with van der Waals surface area (Å²) < 4.78 is 8.88. The number of nitrogens with zero attached hydrogens (tertiary/aromatic N) is 4. The van der Waals surface area contributed by atoms with Crippen molar-refractivity contribution >= 4 is 28.3 Å². The van der Waals surface area contributed by atoms with Crippen LogP contribution in [0.1, 0.15) is 31.5 Å². The molecule has 0 saturated heterocycles. The first-order valence-corrected chi connectivity index (χ1v) is 11.6. The average molecular weight is 451 g/mol. The average Bonchev–Trinajstić information content (AvgIpc) is 2.77. The first-order valence-electron chi connectivity index (χ1n) is 10.7. The van der Waals surface area contributed by atoms with Gasteiger partial charge in [0.25, 0.3) is 11.1 Å². The molecule has 0 unspecified atom stereocenters. The largest absolute Gasteiger partial charge is 0.379 e. The van der Waals surface area contributed by atoms with Crippen LogP contribution in [0.4, 0.5) is 0 Å². The Labute approximate surface area is 190 Å². The molecule has 32 heavy (non-hydrogen) atoms. The molecular formula is C24H26N4O3S. The van der Waals surface area contributed by atoms with Gasteiger partial charge in [-0.05, 0) is 51.0 Å². The van der Waals surface area contributed by atoms with E-state index in [2.05, 4.69) is 4.98 Å². The fourth-order valence-electron chi connectivity index (χ4n) is 3.47. The molecule has 0 atom stereocenters. The second-order valence-corrected chi connectivity index (χ2v) is 8.89. The van der Waals surface area contributed by atoms with Gasteiger partial charge in [0.2, 0.25) is 0 Å². The van der Waals surface area contributed by atoms with E-state index in [-0.39, 0.29) is 17.2 Å². The maximum atomic E-state index is 13.1. The lowest BCUT2D eigenvalue weighted by atomic mass is 10.2. The quantitative estimate of drug-likeness (QED) is 0.231. The molecule has 0 spiro atoms. The van der Waals surface area contributed by atoms with Crippen molar-refractivity contribution in [3.63, 3.8) is 0 Å². The normalized spacial score (nSPS) is 11.6. The van der Waals surface area contributed by atoms with Crippen LogP contribution in [0.25, 0.3) is 16.6 Å². The number of aryl methyl sites for hydroxylation is 1. The monoisotopic (exact) mass is 450 g/mol. The fraction of sp³-hybridized carbons (Fsp3) is 0.333. The van der Waals surface area contributed by atoms with Crippen molar-refractivity contribution in [2.75, 3.05) is 6.61 Å². The van der Waals surface area contributed by atoms with E-state index in [0.717, 1.165) is 5.56 Å². The predicted octanol–water partition coefficient (Wildman–Crippen LogP) is 3.82. The minimum absolute atomic E-state index is 0.0651. The van der Waals surface area contributed by atoms with Crippen molar-refractivity contribution in [2.45, 2.75) is 50.8 Å². The molecule has 8 heteroatoms. The number of pyridine rings is 1. The molecule has 0 aliphatic heterocycles. The van der Waals surface area contributed by atoms with Gasteiger partial charge in [0.05, 0.1) is 22.7 Å². The molecule has 0 N–H and O–H groups in total. The van der Waals surface area contributed by atoms with Crippen LogP contribution in [0.3, 0.4) is 0 Å². The highest BCUT2D eigenvalue weighted by Crippen LogP contribution is 2.21. The van der Waals surface area contributed by atoms with Gasteiger partial charge in [0.1, 0.15) is 5.65 Å². The standard InChI is InChI=1S/C24H26N4O3S/c1-16(2)31-12-6-11-27-23(30)19-7-4-5-8-20(19)26-24(27)32-15-18-13-22(29)28-14-17(3)9-10-21(28)25-18/h4-5,7-10,13-14,16H,6,11-12,15H2,1-3H3. The van der Waals surface area contributed by atoms with Crippen molar-refractivity contribution < 1.29 is 4.74 Å². The molecule has 0 amide bonds. The Bertz CT molecular complexity index is 1380. The zero-order valence-electron chi connectivity index (χ0n) is 18.4. The van der Waals surface area contributed by atoms with Crippen LogP contribution < -0.4 is 11.1 Å². The Kier molecular flexibility index (Phi) is 6.72. The SMILES string of the molecule is Cc1ccc2nc(CSc3nc4ccccc4c(=O)n3CCCOC(C)C)cc(=O)n2c1. The van der Waals surface area contributed by atoms with E-state index < -0.39 is 0 Å². The third kappa shape index (κ3) is 4.92. The van der Waals surface area contributed by atoms with Gasteiger partial charge in [0, 0.05) is 31.2 Å².